The number of nitrogens with one attached hydrogen (secondary N) is 1. The van der Waals surface area contributed by atoms with Crippen molar-refractivity contribution in [2.75, 3.05) is 12.1 Å². The van der Waals surface area contributed by atoms with Crippen molar-refractivity contribution in [3.8, 4) is 17.2 Å². The molecule has 25 heavy (non-hydrogen) atoms. The number of nitrogens with zero attached hydrogens (tertiary/aromatic N) is 4. The Morgan fingerprint density at radius 3 is 2.96 bits per heavy atom. The number of amides is 1. The van der Waals surface area contributed by atoms with Crippen LogP contribution in [0.5, 0.6) is 11.5 Å². The molecule has 0 radical (unpaired) electrons. The predicted octanol–water partition coefficient (Wildman–Crippen LogP) is 2.61. The predicted molar refractivity (Wildman–Crippen MR) is 89.4 cm³/mol. The molecule has 2 aromatic carbocycles. The first-order valence-corrected chi connectivity index (χ1v) is 7.74. The Morgan fingerprint density at radius 2 is 2.16 bits per heavy atom. The second-order valence-electron chi connectivity index (χ2n) is 5.40. The molecule has 1 aromatic heterocycles. The van der Waals surface area contributed by atoms with Gasteiger partial charge < -0.3 is 14.8 Å². The van der Waals surface area contributed by atoms with Crippen LogP contribution in [0, 0.1) is 6.92 Å². The summed E-state index contributed by atoms with van der Waals surface area (Å²) in [5.41, 5.74) is 2.72. The summed E-state index contributed by atoms with van der Waals surface area (Å²) >= 11 is 6.12. The minimum atomic E-state index is -0.313. The first-order valence-electron chi connectivity index (χ1n) is 7.36. The molecular formula is C16H12ClN5O3. The Morgan fingerprint density at radius 1 is 1.28 bits per heavy atom. The number of halogens is 1. The molecule has 0 bridgehead atoms. The van der Waals surface area contributed by atoms with Gasteiger partial charge in [-0.3, -0.25) is 4.79 Å². The first kappa shape index (κ1) is 15.4. The minimum Gasteiger partial charge on any atom is -0.454 e. The molecular weight excluding hydrogens is 346 g/mol. The van der Waals surface area contributed by atoms with Gasteiger partial charge >= 0.3 is 0 Å². The van der Waals surface area contributed by atoms with Crippen molar-refractivity contribution in [1.82, 2.24) is 20.2 Å². The Bertz CT molecular complexity index is 959. The van der Waals surface area contributed by atoms with E-state index in [1.165, 1.54) is 11.0 Å². The van der Waals surface area contributed by atoms with E-state index in [0.29, 0.717) is 27.8 Å². The summed E-state index contributed by atoms with van der Waals surface area (Å²) in [7, 11) is 0. The molecule has 1 aliphatic heterocycles. The zero-order valence-electron chi connectivity index (χ0n) is 13.1. The number of aryl methyl sites for hydroxylation is 1. The highest BCUT2D eigenvalue weighted by Crippen LogP contribution is 2.39. The third-order valence-electron chi connectivity index (χ3n) is 3.75. The topological polar surface area (TPSA) is 91.2 Å². The van der Waals surface area contributed by atoms with Crippen molar-refractivity contribution in [2.45, 2.75) is 6.92 Å². The van der Waals surface area contributed by atoms with Crippen LogP contribution in [0.1, 0.15) is 15.9 Å². The van der Waals surface area contributed by atoms with Crippen LogP contribution in [0.3, 0.4) is 0 Å². The minimum absolute atomic E-state index is 0.0907. The number of hydrogen-bond acceptors (Lipinski definition) is 6. The molecule has 1 N–H and O–H groups in total. The van der Waals surface area contributed by atoms with Gasteiger partial charge in [0.15, 0.2) is 11.5 Å². The van der Waals surface area contributed by atoms with E-state index in [1.807, 2.05) is 13.0 Å². The van der Waals surface area contributed by atoms with E-state index in [1.54, 1.807) is 24.3 Å². The van der Waals surface area contributed by atoms with Crippen molar-refractivity contribution >= 4 is 23.2 Å². The number of hydrogen-bond donors (Lipinski definition) is 1. The molecule has 0 aliphatic carbocycles. The second kappa shape index (κ2) is 6.06. The summed E-state index contributed by atoms with van der Waals surface area (Å²) in [5, 5.41) is 14.3. The lowest BCUT2D eigenvalue weighted by molar-refractivity contribution is 0.102. The average Bonchev–Trinajstić information content (AvgIpc) is 3.27. The highest BCUT2D eigenvalue weighted by Gasteiger charge is 2.21. The van der Waals surface area contributed by atoms with Crippen LogP contribution in [0.25, 0.3) is 5.69 Å². The van der Waals surface area contributed by atoms with Crippen LogP contribution >= 0.6 is 11.6 Å². The number of fused-ring (bicyclic) bond motifs is 1. The molecule has 1 amide bonds. The Hall–Kier alpha value is -3.13. The lowest BCUT2D eigenvalue weighted by atomic mass is 10.1. The van der Waals surface area contributed by atoms with Gasteiger partial charge in [-0.15, -0.1) is 5.10 Å². The molecule has 4 rings (SSSR count). The van der Waals surface area contributed by atoms with E-state index < -0.39 is 0 Å². The molecule has 1 aliphatic rings. The number of ether oxygens (including phenoxy) is 2. The average molecular weight is 358 g/mol. The molecule has 0 saturated carbocycles. The standard InChI is InChI=1S/C16H12ClN5O3/c1-9-2-3-11(6-13(9)22-7-18-20-21-22)19-16(23)10-4-12(17)15-14(5-10)24-8-25-15/h2-7H,8H2,1H3,(H,19,23). The molecule has 0 saturated heterocycles. The summed E-state index contributed by atoms with van der Waals surface area (Å²) < 4.78 is 12.1. The molecule has 8 nitrogen and oxygen atoms in total. The number of rotatable bonds is 3. The highest BCUT2D eigenvalue weighted by molar-refractivity contribution is 6.32. The van der Waals surface area contributed by atoms with Crippen LogP contribution in [0.4, 0.5) is 5.69 Å². The van der Waals surface area contributed by atoms with Gasteiger partial charge in [-0.2, -0.15) is 0 Å². The maximum absolute atomic E-state index is 12.5. The van der Waals surface area contributed by atoms with Gasteiger partial charge in [0.2, 0.25) is 6.79 Å². The van der Waals surface area contributed by atoms with Crippen LogP contribution in [-0.2, 0) is 0 Å². The fourth-order valence-electron chi connectivity index (χ4n) is 2.51. The first-order chi connectivity index (χ1) is 12.1. The van der Waals surface area contributed by atoms with Crippen molar-refractivity contribution < 1.29 is 14.3 Å². The van der Waals surface area contributed by atoms with E-state index in [4.69, 9.17) is 21.1 Å². The van der Waals surface area contributed by atoms with E-state index >= 15 is 0 Å². The van der Waals surface area contributed by atoms with Gasteiger partial charge in [-0.1, -0.05) is 17.7 Å². The lowest BCUT2D eigenvalue weighted by Crippen LogP contribution is -2.12. The van der Waals surface area contributed by atoms with Gasteiger partial charge in [0, 0.05) is 11.3 Å². The fourth-order valence-corrected chi connectivity index (χ4v) is 2.77. The van der Waals surface area contributed by atoms with Crippen LogP contribution < -0.4 is 14.8 Å². The Labute approximate surface area is 147 Å². The third-order valence-corrected chi connectivity index (χ3v) is 4.03. The van der Waals surface area contributed by atoms with E-state index in [0.717, 1.165) is 11.3 Å². The summed E-state index contributed by atoms with van der Waals surface area (Å²) in [6, 6.07) is 8.61. The van der Waals surface area contributed by atoms with Gasteiger partial charge in [0.1, 0.15) is 6.33 Å². The normalized spacial score (nSPS) is 12.2. The quantitative estimate of drug-likeness (QED) is 0.774. The number of carbonyl (C=O) groups excluding carboxylic acids is 1. The van der Waals surface area contributed by atoms with Gasteiger partial charge in [-0.05, 0) is 47.2 Å². The maximum Gasteiger partial charge on any atom is 0.255 e. The molecule has 0 spiro atoms. The van der Waals surface area contributed by atoms with Crippen molar-refractivity contribution in [1.29, 1.82) is 0 Å². The molecule has 3 aromatic rings. The highest BCUT2D eigenvalue weighted by atomic mass is 35.5. The molecule has 0 unspecified atom stereocenters. The zero-order chi connectivity index (χ0) is 17.4. The molecule has 2 heterocycles. The van der Waals surface area contributed by atoms with Crippen molar-refractivity contribution in [2.24, 2.45) is 0 Å². The maximum atomic E-state index is 12.5. The Balaban J connectivity index is 1.61. The lowest BCUT2D eigenvalue weighted by Gasteiger charge is -2.10. The molecule has 0 fully saturated rings. The van der Waals surface area contributed by atoms with Crippen LogP contribution in [0.15, 0.2) is 36.7 Å². The van der Waals surface area contributed by atoms with E-state index in [2.05, 4.69) is 20.8 Å². The summed E-state index contributed by atoms with van der Waals surface area (Å²) in [4.78, 5) is 12.5. The summed E-state index contributed by atoms with van der Waals surface area (Å²) in [6.45, 7) is 2.02. The molecule has 9 heteroatoms. The summed E-state index contributed by atoms with van der Waals surface area (Å²) in [6.07, 6.45) is 1.49. The third kappa shape index (κ3) is 2.87. The zero-order valence-corrected chi connectivity index (χ0v) is 13.8. The smallest absolute Gasteiger partial charge is 0.255 e. The number of benzene rings is 2. The monoisotopic (exact) mass is 357 g/mol. The van der Waals surface area contributed by atoms with Crippen LogP contribution in [-0.4, -0.2) is 32.9 Å². The fraction of sp³-hybridized carbons (Fsp3) is 0.125. The van der Waals surface area contributed by atoms with Gasteiger partial charge in [0.05, 0.1) is 10.7 Å². The largest absolute Gasteiger partial charge is 0.454 e. The molecule has 126 valence electrons. The second-order valence-corrected chi connectivity index (χ2v) is 5.81. The van der Waals surface area contributed by atoms with E-state index in [9.17, 15) is 4.79 Å². The summed E-state index contributed by atoms with van der Waals surface area (Å²) in [5.74, 6) is 0.595. The number of tetrazole rings is 1. The van der Waals surface area contributed by atoms with Crippen molar-refractivity contribution in [3.63, 3.8) is 0 Å². The number of aromatic nitrogens is 4. The van der Waals surface area contributed by atoms with Crippen molar-refractivity contribution in [3.05, 3.63) is 52.8 Å². The SMILES string of the molecule is Cc1ccc(NC(=O)c2cc(Cl)c3c(c2)OCO3)cc1-n1cnnn1. The molecule has 0 atom stereocenters. The van der Waals surface area contributed by atoms with Crippen LogP contribution in [0.2, 0.25) is 5.02 Å². The van der Waals surface area contributed by atoms with Gasteiger partial charge in [-0.25, -0.2) is 4.68 Å². The van der Waals surface area contributed by atoms with E-state index in [-0.39, 0.29) is 12.7 Å². The number of carbonyl (C=O) groups is 1. The Kier molecular flexibility index (Phi) is 3.73. The van der Waals surface area contributed by atoms with Gasteiger partial charge in [0.25, 0.3) is 5.91 Å². The number of anilines is 1.